The topological polar surface area (TPSA) is 73.0 Å². The molecule has 1 aromatic carbocycles. The molecular formula is C19H26N4O3. The highest BCUT2D eigenvalue weighted by Gasteiger charge is 2.49. The summed E-state index contributed by atoms with van der Waals surface area (Å²) in [7, 11) is 2.03. The molecule has 7 nitrogen and oxygen atoms in total. The minimum Gasteiger partial charge on any atom is -0.340 e. The van der Waals surface area contributed by atoms with Gasteiger partial charge in [-0.1, -0.05) is 29.8 Å². The van der Waals surface area contributed by atoms with Crippen LogP contribution >= 0.6 is 0 Å². The third-order valence-electron chi connectivity index (χ3n) is 5.27. The summed E-state index contributed by atoms with van der Waals surface area (Å²) in [6.45, 7) is 6.45. The molecule has 2 aliphatic rings. The van der Waals surface area contributed by atoms with Crippen molar-refractivity contribution in [1.29, 1.82) is 0 Å². The number of nitrogens with zero attached hydrogens (tertiary/aromatic N) is 3. The molecule has 0 bridgehead atoms. The number of benzene rings is 1. The first-order valence-electron chi connectivity index (χ1n) is 8.99. The van der Waals surface area contributed by atoms with Crippen LogP contribution < -0.4 is 5.32 Å². The van der Waals surface area contributed by atoms with Crippen molar-refractivity contribution in [2.75, 3.05) is 39.8 Å². The molecule has 0 spiro atoms. The third kappa shape index (κ3) is 3.44. The fourth-order valence-corrected chi connectivity index (χ4v) is 3.45. The van der Waals surface area contributed by atoms with E-state index in [1.165, 1.54) is 0 Å². The molecule has 2 fully saturated rings. The Bertz CT molecular complexity index is 718. The van der Waals surface area contributed by atoms with Crippen molar-refractivity contribution in [1.82, 2.24) is 20.0 Å². The molecule has 4 amide bonds. The Morgan fingerprint density at radius 3 is 2.50 bits per heavy atom. The van der Waals surface area contributed by atoms with Crippen LogP contribution in [0.3, 0.4) is 0 Å². The van der Waals surface area contributed by atoms with E-state index < -0.39 is 11.6 Å². The number of hydrogen-bond acceptors (Lipinski definition) is 4. The van der Waals surface area contributed by atoms with Crippen molar-refractivity contribution in [3.8, 4) is 0 Å². The SMILES string of the molecule is Cc1ccc(C2(C)NC(=O)N(CC(=O)N3CCCN(C)CC3)C2=O)cc1. The zero-order valence-electron chi connectivity index (χ0n) is 15.6. The molecule has 2 aliphatic heterocycles. The second-order valence-electron chi connectivity index (χ2n) is 7.35. The van der Waals surface area contributed by atoms with Crippen molar-refractivity contribution in [2.24, 2.45) is 0 Å². The lowest BCUT2D eigenvalue weighted by atomic mass is 9.91. The second-order valence-corrected chi connectivity index (χ2v) is 7.35. The molecule has 0 radical (unpaired) electrons. The number of likely N-dealkylation sites (N-methyl/N-ethyl adjacent to an activating group) is 1. The van der Waals surface area contributed by atoms with E-state index in [2.05, 4.69) is 10.2 Å². The van der Waals surface area contributed by atoms with E-state index in [0.29, 0.717) is 18.7 Å². The van der Waals surface area contributed by atoms with Crippen LogP contribution in [0.5, 0.6) is 0 Å². The lowest BCUT2D eigenvalue weighted by molar-refractivity contribution is -0.138. The van der Waals surface area contributed by atoms with Gasteiger partial charge >= 0.3 is 6.03 Å². The highest BCUT2D eigenvalue weighted by molar-refractivity contribution is 6.09. The van der Waals surface area contributed by atoms with Gasteiger partial charge in [0.1, 0.15) is 12.1 Å². The van der Waals surface area contributed by atoms with Crippen molar-refractivity contribution in [2.45, 2.75) is 25.8 Å². The Balaban J connectivity index is 1.72. The Morgan fingerprint density at radius 1 is 1.12 bits per heavy atom. The summed E-state index contributed by atoms with van der Waals surface area (Å²) in [4.78, 5) is 42.9. The predicted molar refractivity (Wildman–Crippen MR) is 97.5 cm³/mol. The molecular weight excluding hydrogens is 332 g/mol. The molecule has 1 unspecified atom stereocenters. The molecule has 1 N–H and O–H groups in total. The number of carbonyl (C=O) groups excluding carboxylic acids is 3. The van der Waals surface area contributed by atoms with E-state index in [0.717, 1.165) is 30.0 Å². The quantitative estimate of drug-likeness (QED) is 0.816. The number of rotatable bonds is 3. The molecule has 26 heavy (non-hydrogen) atoms. The average molecular weight is 358 g/mol. The van der Waals surface area contributed by atoms with E-state index in [4.69, 9.17) is 0 Å². The van der Waals surface area contributed by atoms with Gasteiger partial charge < -0.3 is 15.1 Å². The van der Waals surface area contributed by atoms with Crippen LogP contribution in [0, 0.1) is 6.92 Å². The van der Waals surface area contributed by atoms with Gasteiger partial charge in [0.25, 0.3) is 5.91 Å². The molecule has 7 heteroatoms. The Kier molecular flexibility index (Phi) is 5.00. The summed E-state index contributed by atoms with van der Waals surface area (Å²) in [5, 5.41) is 2.75. The number of amides is 4. The normalized spacial score (nSPS) is 24.6. The van der Waals surface area contributed by atoms with Gasteiger partial charge in [-0.2, -0.15) is 0 Å². The van der Waals surface area contributed by atoms with Crippen LogP contribution in [-0.4, -0.2) is 72.3 Å². The zero-order valence-corrected chi connectivity index (χ0v) is 15.6. The third-order valence-corrected chi connectivity index (χ3v) is 5.27. The van der Waals surface area contributed by atoms with Crippen LogP contribution in [0.1, 0.15) is 24.5 Å². The molecule has 0 aliphatic carbocycles. The van der Waals surface area contributed by atoms with Crippen LogP contribution in [-0.2, 0) is 15.1 Å². The maximum atomic E-state index is 12.9. The number of hydrogen-bond donors (Lipinski definition) is 1. The van der Waals surface area contributed by atoms with Crippen molar-refractivity contribution >= 4 is 17.8 Å². The van der Waals surface area contributed by atoms with E-state index in [1.807, 2.05) is 38.2 Å². The van der Waals surface area contributed by atoms with E-state index in [-0.39, 0.29) is 18.4 Å². The molecule has 2 saturated heterocycles. The average Bonchev–Trinajstić information content (AvgIpc) is 2.76. The zero-order chi connectivity index (χ0) is 18.9. The fraction of sp³-hybridized carbons (Fsp3) is 0.526. The van der Waals surface area contributed by atoms with Crippen molar-refractivity contribution in [3.63, 3.8) is 0 Å². The molecule has 2 heterocycles. The van der Waals surface area contributed by atoms with Gasteiger partial charge in [0.15, 0.2) is 0 Å². The largest absolute Gasteiger partial charge is 0.340 e. The summed E-state index contributed by atoms with van der Waals surface area (Å²) in [5.41, 5.74) is 0.657. The minimum atomic E-state index is -1.13. The first kappa shape index (κ1) is 18.4. The maximum absolute atomic E-state index is 12.9. The minimum absolute atomic E-state index is 0.183. The molecule has 1 aromatic rings. The highest BCUT2D eigenvalue weighted by atomic mass is 16.2. The lowest BCUT2D eigenvalue weighted by Crippen LogP contribution is -2.45. The summed E-state index contributed by atoms with van der Waals surface area (Å²) in [6, 6.07) is 6.97. The Morgan fingerprint density at radius 2 is 1.81 bits per heavy atom. The summed E-state index contributed by atoms with van der Waals surface area (Å²) in [6.07, 6.45) is 0.892. The Labute approximate surface area is 153 Å². The number of aryl methyl sites for hydroxylation is 1. The molecule has 0 aromatic heterocycles. The molecule has 0 saturated carbocycles. The Hall–Kier alpha value is -2.41. The van der Waals surface area contributed by atoms with Gasteiger partial charge in [0, 0.05) is 19.6 Å². The van der Waals surface area contributed by atoms with Crippen LogP contribution in [0.25, 0.3) is 0 Å². The van der Waals surface area contributed by atoms with Gasteiger partial charge in [-0.05, 0) is 39.4 Å². The standard InChI is InChI=1S/C19H26N4O3/c1-14-5-7-15(8-6-14)19(2)17(25)23(18(26)20-19)13-16(24)22-10-4-9-21(3)11-12-22/h5-8H,4,9-13H2,1-3H3,(H,20,26). The lowest BCUT2D eigenvalue weighted by Gasteiger charge is -2.24. The van der Waals surface area contributed by atoms with Gasteiger partial charge in [-0.15, -0.1) is 0 Å². The predicted octanol–water partition coefficient (Wildman–Crippen LogP) is 0.926. The monoisotopic (exact) mass is 358 g/mol. The number of carbonyl (C=O) groups is 3. The molecule has 140 valence electrons. The van der Waals surface area contributed by atoms with Crippen LogP contribution in [0.2, 0.25) is 0 Å². The van der Waals surface area contributed by atoms with Crippen LogP contribution in [0.4, 0.5) is 4.79 Å². The first-order chi connectivity index (χ1) is 12.3. The number of urea groups is 1. The van der Waals surface area contributed by atoms with Gasteiger partial charge in [-0.3, -0.25) is 14.5 Å². The summed E-state index contributed by atoms with van der Waals surface area (Å²) in [5.74, 6) is -0.566. The van der Waals surface area contributed by atoms with Crippen LogP contribution in [0.15, 0.2) is 24.3 Å². The number of nitrogens with one attached hydrogen (secondary N) is 1. The van der Waals surface area contributed by atoms with E-state index in [9.17, 15) is 14.4 Å². The van der Waals surface area contributed by atoms with E-state index >= 15 is 0 Å². The summed E-state index contributed by atoms with van der Waals surface area (Å²) >= 11 is 0. The fourth-order valence-electron chi connectivity index (χ4n) is 3.45. The maximum Gasteiger partial charge on any atom is 0.325 e. The molecule has 3 rings (SSSR count). The second kappa shape index (κ2) is 7.07. The van der Waals surface area contributed by atoms with Gasteiger partial charge in [0.2, 0.25) is 5.91 Å². The van der Waals surface area contributed by atoms with E-state index in [1.54, 1.807) is 11.8 Å². The van der Waals surface area contributed by atoms with Gasteiger partial charge in [0.05, 0.1) is 0 Å². The van der Waals surface area contributed by atoms with Gasteiger partial charge in [-0.25, -0.2) is 4.79 Å². The van der Waals surface area contributed by atoms with Crippen molar-refractivity contribution in [3.05, 3.63) is 35.4 Å². The van der Waals surface area contributed by atoms with Crippen molar-refractivity contribution < 1.29 is 14.4 Å². The highest BCUT2D eigenvalue weighted by Crippen LogP contribution is 2.29. The summed E-state index contributed by atoms with van der Waals surface area (Å²) < 4.78 is 0. The first-order valence-corrected chi connectivity index (χ1v) is 8.99. The number of imide groups is 1. The smallest absolute Gasteiger partial charge is 0.325 e. The molecule has 1 atom stereocenters.